The van der Waals surface area contributed by atoms with Crippen molar-refractivity contribution >= 4 is 39.1 Å². The van der Waals surface area contributed by atoms with E-state index in [9.17, 15) is 4.79 Å². The summed E-state index contributed by atoms with van der Waals surface area (Å²) in [6.07, 6.45) is 0.829. The highest BCUT2D eigenvalue weighted by atomic mass is 32.2. The number of fused-ring (bicyclic) bond motifs is 2. The van der Waals surface area contributed by atoms with Crippen LogP contribution in [0.4, 0.5) is 0 Å². The number of benzene rings is 1. The number of nitrogens with zero attached hydrogens (tertiary/aromatic N) is 5. The molecule has 152 valence electrons. The van der Waals surface area contributed by atoms with Crippen molar-refractivity contribution in [3.8, 4) is 0 Å². The molecule has 0 aliphatic carbocycles. The Labute approximate surface area is 178 Å². The molecule has 0 unspecified atom stereocenters. The van der Waals surface area contributed by atoms with E-state index in [2.05, 4.69) is 30.9 Å². The Kier molecular flexibility index (Phi) is 5.76. The lowest BCUT2D eigenvalue weighted by Crippen LogP contribution is -2.20. The second-order valence-electron chi connectivity index (χ2n) is 7.31. The minimum Gasteiger partial charge on any atom is -0.308 e. The van der Waals surface area contributed by atoms with Crippen molar-refractivity contribution in [3.05, 3.63) is 56.7 Å². The van der Waals surface area contributed by atoms with Gasteiger partial charge in [-0.15, -0.1) is 16.4 Å². The SMILES string of the molecule is CCc1c(C)sc2nc3n(CCN(C)C)nc(SCc4ccccc4)n3c(=O)c12. The number of likely N-dealkylation sites (N-methyl/N-ethyl adjacent to an activating group) is 1. The summed E-state index contributed by atoms with van der Waals surface area (Å²) in [4.78, 5) is 22.5. The third-order valence-electron chi connectivity index (χ3n) is 4.96. The molecule has 0 fully saturated rings. The molecule has 3 aromatic heterocycles. The van der Waals surface area contributed by atoms with E-state index in [1.54, 1.807) is 27.5 Å². The fourth-order valence-electron chi connectivity index (χ4n) is 3.43. The van der Waals surface area contributed by atoms with Crippen molar-refractivity contribution < 1.29 is 0 Å². The van der Waals surface area contributed by atoms with Crippen molar-refractivity contribution in [1.29, 1.82) is 0 Å². The third-order valence-corrected chi connectivity index (χ3v) is 7.00. The Morgan fingerprint density at radius 2 is 1.97 bits per heavy atom. The van der Waals surface area contributed by atoms with E-state index in [0.717, 1.165) is 34.5 Å². The smallest absolute Gasteiger partial charge is 0.270 e. The van der Waals surface area contributed by atoms with Gasteiger partial charge in [-0.25, -0.2) is 14.1 Å². The molecule has 8 heteroatoms. The van der Waals surface area contributed by atoms with E-state index in [1.807, 2.05) is 37.0 Å². The van der Waals surface area contributed by atoms with Crippen LogP contribution < -0.4 is 5.56 Å². The highest BCUT2D eigenvalue weighted by Gasteiger charge is 2.20. The van der Waals surface area contributed by atoms with Gasteiger partial charge in [-0.1, -0.05) is 49.0 Å². The zero-order valence-corrected chi connectivity index (χ0v) is 18.8. The molecule has 29 heavy (non-hydrogen) atoms. The number of aryl methyl sites for hydroxylation is 2. The molecule has 1 aromatic carbocycles. The molecule has 0 spiro atoms. The maximum Gasteiger partial charge on any atom is 0.270 e. The van der Waals surface area contributed by atoms with Crippen LogP contribution in [0.2, 0.25) is 0 Å². The zero-order valence-electron chi connectivity index (χ0n) is 17.2. The maximum absolute atomic E-state index is 13.5. The van der Waals surface area contributed by atoms with Gasteiger partial charge in [0.05, 0.1) is 11.9 Å². The van der Waals surface area contributed by atoms with Crippen LogP contribution in [0.5, 0.6) is 0 Å². The Balaban J connectivity index is 1.86. The first-order chi connectivity index (χ1) is 14.0. The number of rotatable bonds is 7. The average Bonchev–Trinajstić information content (AvgIpc) is 3.22. The second-order valence-corrected chi connectivity index (χ2v) is 9.45. The normalized spacial score (nSPS) is 11.9. The van der Waals surface area contributed by atoms with Crippen molar-refractivity contribution in [1.82, 2.24) is 24.1 Å². The standard InChI is InChI=1S/C21H25N5OS2/c1-5-16-14(2)29-18-17(16)19(27)26-20(22-18)25(12-11-24(3)4)23-21(26)28-13-15-9-7-6-8-10-15/h6-10H,5,11-13H2,1-4H3. The molecule has 0 atom stereocenters. The molecule has 0 saturated heterocycles. The van der Waals surface area contributed by atoms with Crippen LogP contribution >= 0.6 is 23.1 Å². The molecule has 0 saturated carbocycles. The van der Waals surface area contributed by atoms with E-state index in [1.165, 1.54) is 10.4 Å². The summed E-state index contributed by atoms with van der Waals surface area (Å²) in [6, 6.07) is 10.3. The molecule has 4 rings (SSSR count). The van der Waals surface area contributed by atoms with Crippen molar-refractivity contribution in [2.24, 2.45) is 0 Å². The quantitative estimate of drug-likeness (QED) is 0.420. The molecular weight excluding hydrogens is 402 g/mol. The van der Waals surface area contributed by atoms with Gasteiger partial charge in [0.15, 0.2) is 5.16 Å². The second kappa shape index (κ2) is 8.30. The van der Waals surface area contributed by atoms with Gasteiger partial charge in [0.2, 0.25) is 5.78 Å². The molecule has 3 heterocycles. The minimum absolute atomic E-state index is 0.00198. The third kappa shape index (κ3) is 3.84. The van der Waals surface area contributed by atoms with Gasteiger partial charge in [-0.2, -0.15) is 0 Å². The van der Waals surface area contributed by atoms with E-state index in [4.69, 9.17) is 10.1 Å². The lowest BCUT2D eigenvalue weighted by Gasteiger charge is -2.08. The number of hydrogen-bond acceptors (Lipinski definition) is 6. The van der Waals surface area contributed by atoms with E-state index >= 15 is 0 Å². The van der Waals surface area contributed by atoms with E-state index < -0.39 is 0 Å². The maximum atomic E-state index is 13.5. The highest BCUT2D eigenvalue weighted by molar-refractivity contribution is 7.98. The summed E-state index contributed by atoms with van der Waals surface area (Å²) in [5.41, 5.74) is 2.31. The molecule has 4 aromatic rings. The highest BCUT2D eigenvalue weighted by Crippen LogP contribution is 2.29. The summed E-state index contributed by atoms with van der Waals surface area (Å²) < 4.78 is 3.58. The molecule has 0 N–H and O–H groups in total. The fourth-order valence-corrected chi connectivity index (χ4v) is 5.47. The molecule has 6 nitrogen and oxygen atoms in total. The predicted molar refractivity (Wildman–Crippen MR) is 121 cm³/mol. The van der Waals surface area contributed by atoms with Crippen LogP contribution in [0.3, 0.4) is 0 Å². The first kappa shape index (κ1) is 20.1. The lowest BCUT2D eigenvalue weighted by molar-refractivity contribution is 0.374. The van der Waals surface area contributed by atoms with Crippen molar-refractivity contribution in [2.75, 3.05) is 20.6 Å². The molecule has 0 bridgehead atoms. The van der Waals surface area contributed by atoms with Crippen molar-refractivity contribution in [2.45, 2.75) is 37.7 Å². The van der Waals surface area contributed by atoms with Crippen LogP contribution in [-0.4, -0.2) is 44.7 Å². The largest absolute Gasteiger partial charge is 0.308 e. The summed E-state index contributed by atoms with van der Waals surface area (Å²) in [7, 11) is 4.06. The van der Waals surface area contributed by atoms with Crippen molar-refractivity contribution in [3.63, 3.8) is 0 Å². The monoisotopic (exact) mass is 427 g/mol. The van der Waals surface area contributed by atoms with Crippen LogP contribution in [0.15, 0.2) is 40.3 Å². The summed E-state index contributed by atoms with van der Waals surface area (Å²) in [6.45, 7) is 5.68. The zero-order chi connectivity index (χ0) is 20.5. The number of hydrogen-bond donors (Lipinski definition) is 0. The first-order valence-electron chi connectivity index (χ1n) is 9.72. The Hall–Kier alpha value is -2.16. The Morgan fingerprint density at radius 3 is 2.66 bits per heavy atom. The average molecular weight is 428 g/mol. The van der Waals surface area contributed by atoms with Crippen LogP contribution in [0, 0.1) is 6.92 Å². The number of thiophene rings is 1. The van der Waals surface area contributed by atoms with Gasteiger partial charge in [-0.05, 0) is 38.6 Å². The molecule has 0 radical (unpaired) electrons. The van der Waals surface area contributed by atoms with E-state index in [0.29, 0.717) is 17.5 Å². The molecule has 0 amide bonds. The topological polar surface area (TPSA) is 55.4 Å². The first-order valence-corrected chi connectivity index (χ1v) is 11.5. The van der Waals surface area contributed by atoms with Crippen LogP contribution in [0.25, 0.3) is 16.0 Å². The van der Waals surface area contributed by atoms with Gasteiger partial charge in [-0.3, -0.25) is 4.79 Å². The Morgan fingerprint density at radius 1 is 1.21 bits per heavy atom. The van der Waals surface area contributed by atoms with Crippen LogP contribution in [-0.2, 0) is 18.7 Å². The summed E-state index contributed by atoms with van der Waals surface area (Å²) in [5.74, 6) is 1.39. The van der Waals surface area contributed by atoms with Gasteiger partial charge >= 0.3 is 0 Å². The van der Waals surface area contributed by atoms with Crippen LogP contribution in [0.1, 0.15) is 22.9 Å². The lowest BCUT2D eigenvalue weighted by atomic mass is 10.1. The molecule has 0 aliphatic rings. The minimum atomic E-state index is -0.00198. The van der Waals surface area contributed by atoms with Gasteiger partial charge in [0, 0.05) is 17.2 Å². The van der Waals surface area contributed by atoms with Gasteiger partial charge in [0.1, 0.15) is 4.83 Å². The summed E-state index contributed by atoms with van der Waals surface area (Å²) >= 11 is 3.18. The summed E-state index contributed by atoms with van der Waals surface area (Å²) in [5, 5.41) is 6.23. The number of aromatic nitrogens is 4. The van der Waals surface area contributed by atoms with Gasteiger partial charge in [0.25, 0.3) is 5.56 Å². The molecular formula is C21H25N5OS2. The molecule has 0 aliphatic heterocycles. The fraction of sp³-hybridized carbons (Fsp3) is 0.381. The predicted octanol–water partition coefficient (Wildman–Crippen LogP) is 3.83. The van der Waals surface area contributed by atoms with Gasteiger partial charge < -0.3 is 4.90 Å². The Bertz CT molecular complexity index is 1210. The van der Waals surface area contributed by atoms with E-state index in [-0.39, 0.29) is 5.56 Å². The number of thioether (sulfide) groups is 1.